The number of carbonyl (C=O) groups is 3. The zero-order valence-corrected chi connectivity index (χ0v) is 50.3. The van der Waals surface area contributed by atoms with E-state index in [2.05, 4.69) is 99.8 Å². The second kappa shape index (κ2) is 64.1. The van der Waals surface area contributed by atoms with Gasteiger partial charge in [-0.2, -0.15) is 0 Å². The zero-order valence-electron chi connectivity index (χ0n) is 50.3. The van der Waals surface area contributed by atoms with Gasteiger partial charge in [-0.15, -0.1) is 0 Å². The van der Waals surface area contributed by atoms with E-state index in [4.69, 9.17) is 14.2 Å². The average Bonchev–Trinajstić information content (AvgIpc) is 3.42. The minimum atomic E-state index is -0.815. The van der Waals surface area contributed by atoms with Gasteiger partial charge in [0.25, 0.3) is 0 Å². The highest BCUT2D eigenvalue weighted by Crippen LogP contribution is 2.17. The van der Waals surface area contributed by atoms with Crippen LogP contribution in [0.3, 0.4) is 0 Å². The van der Waals surface area contributed by atoms with E-state index in [9.17, 15) is 14.4 Å². The minimum absolute atomic E-state index is 0.103. The van der Waals surface area contributed by atoms with Gasteiger partial charge in [-0.3, -0.25) is 14.4 Å². The summed E-state index contributed by atoms with van der Waals surface area (Å²) in [6.45, 7) is 6.48. The van der Waals surface area contributed by atoms with Crippen LogP contribution in [0.15, 0.2) is 85.1 Å². The van der Waals surface area contributed by atoms with Crippen LogP contribution in [0.1, 0.15) is 323 Å². The molecule has 0 aliphatic carbocycles. The van der Waals surface area contributed by atoms with Crippen molar-refractivity contribution >= 4 is 17.9 Å². The molecule has 0 aromatic carbocycles. The molecule has 0 aromatic rings. The average molecular weight is 1060 g/mol. The highest BCUT2D eigenvalue weighted by Gasteiger charge is 2.19. The predicted octanol–water partition coefficient (Wildman–Crippen LogP) is 22.3. The summed E-state index contributed by atoms with van der Waals surface area (Å²) in [6.07, 6.45) is 84.9. The van der Waals surface area contributed by atoms with Gasteiger partial charge in [-0.1, -0.05) is 305 Å². The van der Waals surface area contributed by atoms with E-state index in [0.29, 0.717) is 19.3 Å². The Hall–Kier alpha value is -3.41. The van der Waals surface area contributed by atoms with Gasteiger partial charge >= 0.3 is 17.9 Å². The molecule has 0 amide bonds. The van der Waals surface area contributed by atoms with Gasteiger partial charge in [-0.25, -0.2) is 0 Å². The molecule has 0 N–H and O–H groups in total. The second-order valence-corrected chi connectivity index (χ2v) is 21.6. The Morgan fingerprint density at radius 3 is 0.855 bits per heavy atom. The minimum Gasteiger partial charge on any atom is -0.462 e. The maximum absolute atomic E-state index is 12.8. The van der Waals surface area contributed by atoms with E-state index < -0.39 is 6.10 Å². The van der Waals surface area contributed by atoms with E-state index in [0.717, 1.165) is 77.0 Å². The number of rotatable bonds is 59. The molecule has 0 heterocycles. The molecule has 0 rings (SSSR count). The van der Waals surface area contributed by atoms with Crippen LogP contribution in [-0.4, -0.2) is 37.2 Å². The quantitative estimate of drug-likeness (QED) is 0.0261. The Kier molecular flexibility index (Phi) is 61.2. The van der Waals surface area contributed by atoms with Crippen LogP contribution in [0.5, 0.6) is 0 Å². The Morgan fingerprint density at radius 2 is 0.539 bits per heavy atom. The SMILES string of the molecule is CC/C=C\C/C=C\C/C=C\C/C=C\C/C=C\C/C=C\CCC(=O)OC(COC(=O)CCCCCCCCCCCC)COC(=O)CCCCCCCCCCCCCCCCCCC/C=C\CCCCCCCCCC. The number of esters is 3. The van der Waals surface area contributed by atoms with Crippen molar-refractivity contribution in [1.29, 1.82) is 0 Å². The lowest BCUT2D eigenvalue weighted by Gasteiger charge is -2.18. The molecular weight excluding hydrogens is 937 g/mol. The molecule has 0 radical (unpaired) electrons. The third-order valence-electron chi connectivity index (χ3n) is 14.1. The molecule has 1 atom stereocenters. The van der Waals surface area contributed by atoms with Crippen LogP contribution in [-0.2, 0) is 28.6 Å². The van der Waals surface area contributed by atoms with E-state index in [1.807, 2.05) is 6.08 Å². The van der Waals surface area contributed by atoms with Gasteiger partial charge in [-0.05, 0) is 83.5 Å². The molecule has 6 heteroatoms. The van der Waals surface area contributed by atoms with Crippen molar-refractivity contribution in [3.63, 3.8) is 0 Å². The van der Waals surface area contributed by atoms with E-state index in [1.54, 1.807) is 0 Å². The van der Waals surface area contributed by atoms with Gasteiger partial charge in [0.2, 0.25) is 0 Å². The van der Waals surface area contributed by atoms with Crippen LogP contribution in [0.25, 0.3) is 0 Å². The number of ether oxygens (including phenoxy) is 3. The summed E-state index contributed by atoms with van der Waals surface area (Å²) in [5.74, 6) is -0.978. The van der Waals surface area contributed by atoms with Crippen molar-refractivity contribution in [2.45, 2.75) is 329 Å². The fourth-order valence-corrected chi connectivity index (χ4v) is 9.29. The largest absolute Gasteiger partial charge is 0.462 e. The molecule has 0 fully saturated rings. The topological polar surface area (TPSA) is 78.9 Å². The fourth-order valence-electron chi connectivity index (χ4n) is 9.29. The van der Waals surface area contributed by atoms with Gasteiger partial charge in [0, 0.05) is 19.3 Å². The highest BCUT2D eigenvalue weighted by molar-refractivity contribution is 5.71. The predicted molar refractivity (Wildman–Crippen MR) is 330 cm³/mol. The molecule has 0 bridgehead atoms. The van der Waals surface area contributed by atoms with E-state index in [1.165, 1.54) is 199 Å². The number of allylic oxidation sites excluding steroid dienone is 14. The Morgan fingerprint density at radius 1 is 0.276 bits per heavy atom. The van der Waals surface area contributed by atoms with Gasteiger partial charge in [0.05, 0.1) is 0 Å². The lowest BCUT2D eigenvalue weighted by atomic mass is 10.0. The van der Waals surface area contributed by atoms with E-state index >= 15 is 0 Å². The maximum atomic E-state index is 12.8. The monoisotopic (exact) mass is 1060 g/mol. The number of unbranched alkanes of at least 4 members (excludes halogenated alkanes) is 34. The van der Waals surface area contributed by atoms with Crippen molar-refractivity contribution in [3.8, 4) is 0 Å². The molecule has 0 saturated heterocycles. The smallest absolute Gasteiger partial charge is 0.306 e. The molecule has 0 saturated carbocycles. The van der Waals surface area contributed by atoms with Gasteiger partial charge in [0.15, 0.2) is 6.10 Å². The molecule has 438 valence electrons. The molecule has 6 nitrogen and oxygen atoms in total. The van der Waals surface area contributed by atoms with Crippen molar-refractivity contribution in [2.75, 3.05) is 13.2 Å². The molecular formula is C70H122O6. The first-order valence-electron chi connectivity index (χ1n) is 32.6. The maximum Gasteiger partial charge on any atom is 0.306 e. The van der Waals surface area contributed by atoms with Crippen LogP contribution in [0.4, 0.5) is 0 Å². The summed E-state index contributed by atoms with van der Waals surface area (Å²) < 4.78 is 16.8. The highest BCUT2D eigenvalue weighted by atomic mass is 16.6. The van der Waals surface area contributed by atoms with Crippen LogP contribution in [0, 0.1) is 0 Å². The lowest BCUT2D eigenvalue weighted by molar-refractivity contribution is -0.166. The van der Waals surface area contributed by atoms with Gasteiger partial charge in [0.1, 0.15) is 13.2 Å². The molecule has 76 heavy (non-hydrogen) atoms. The van der Waals surface area contributed by atoms with Crippen molar-refractivity contribution in [2.24, 2.45) is 0 Å². The Balaban J connectivity index is 4.23. The fraction of sp³-hybridized carbons (Fsp3) is 0.757. The second-order valence-electron chi connectivity index (χ2n) is 21.6. The molecule has 0 aromatic heterocycles. The third-order valence-corrected chi connectivity index (χ3v) is 14.1. The molecule has 0 spiro atoms. The number of hydrogen-bond donors (Lipinski definition) is 0. The Labute approximate surface area is 471 Å². The van der Waals surface area contributed by atoms with Crippen molar-refractivity contribution in [1.82, 2.24) is 0 Å². The normalized spacial score (nSPS) is 12.6. The summed E-state index contributed by atoms with van der Waals surface area (Å²) in [4.78, 5) is 38.2. The molecule has 0 aliphatic heterocycles. The first kappa shape index (κ1) is 72.6. The van der Waals surface area contributed by atoms with Crippen LogP contribution in [0.2, 0.25) is 0 Å². The van der Waals surface area contributed by atoms with Crippen LogP contribution < -0.4 is 0 Å². The van der Waals surface area contributed by atoms with Crippen LogP contribution >= 0.6 is 0 Å². The Bertz CT molecular complexity index is 1450. The van der Waals surface area contributed by atoms with Crippen molar-refractivity contribution < 1.29 is 28.6 Å². The third kappa shape index (κ3) is 61.4. The summed E-state index contributed by atoms with van der Waals surface area (Å²) in [5, 5.41) is 0. The molecule has 0 aliphatic rings. The summed E-state index contributed by atoms with van der Waals surface area (Å²) in [5.41, 5.74) is 0. The first-order chi connectivity index (χ1) is 37.5. The summed E-state index contributed by atoms with van der Waals surface area (Å²) >= 11 is 0. The van der Waals surface area contributed by atoms with Crippen molar-refractivity contribution in [3.05, 3.63) is 85.1 Å². The molecule has 1 unspecified atom stereocenters. The standard InChI is InChI=1S/C70H122O6/c1-4-7-10-13-16-19-22-24-26-28-30-31-32-33-34-35-36-37-38-39-41-42-44-46-48-51-54-57-60-63-69(72)75-66-67(65-74-68(71)62-59-56-53-50-21-18-15-12-9-6-3)76-70(73)64-61-58-55-52-49-47-45-43-40-29-27-25-23-20-17-14-11-8-5-2/h8,11,17,20,25,27-28,30,40,43,47,49,55,58,67H,4-7,9-10,12-16,18-19,21-24,26,29,31-39,41-42,44-46,48,50-54,56-57,59-66H2,1-3H3/b11-8-,20-17-,27-25-,30-28-,43-40-,49-47-,58-55-. The number of hydrogen-bond acceptors (Lipinski definition) is 6. The van der Waals surface area contributed by atoms with Gasteiger partial charge < -0.3 is 14.2 Å². The zero-order chi connectivity index (χ0) is 55.0. The summed E-state index contributed by atoms with van der Waals surface area (Å²) in [6, 6.07) is 0. The number of carbonyl (C=O) groups excluding carboxylic acids is 3. The summed E-state index contributed by atoms with van der Waals surface area (Å²) in [7, 11) is 0. The lowest BCUT2D eigenvalue weighted by Crippen LogP contribution is -2.30. The first-order valence-corrected chi connectivity index (χ1v) is 32.6. The van der Waals surface area contributed by atoms with E-state index in [-0.39, 0.29) is 37.5 Å².